The minimum Gasteiger partial charge on any atom is -0.320 e. The molecule has 0 saturated heterocycles. The van der Waals surface area contributed by atoms with Gasteiger partial charge in [-0.25, -0.2) is 0 Å². The third-order valence-electron chi connectivity index (χ3n) is 2.23. The van der Waals surface area contributed by atoms with Crippen LogP contribution in [-0.2, 0) is 6.18 Å². The van der Waals surface area contributed by atoms with Gasteiger partial charge in [-0.2, -0.15) is 18.3 Å². The van der Waals surface area contributed by atoms with Crippen LogP contribution in [0, 0.1) is 0 Å². The van der Waals surface area contributed by atoms with Crippen LogP contribution in [0.3, 0.4) is 0 Å². The van der Waals surface area contributed by atoms with E-state index in [4.69, 9.17) is 0 Å². The number of aromatic amines is 1. The Bertz CT molecular complexity index is 549. The first-order valence-electron chi connectivity index (χ1n) is 4.95. The number of hydrogen-bond donors (Lipinski definition) is 2. The van der Waals surface area contributed by atoms with Gasteiger partial charge in [-0.3, -0.25) is 9.89 Å². The van der Waals surface area contributed by atoms with Crippen LogP contribution >= 0.6 is 0 Å². The molecule has 0 atom stereocenters. The number of carbonyl (C=O) groups is 1. The van der Waals surface area contributed by atoms with Crippen LogP contribution in [0.15, 0.2) is 36.5 Å². The highest BCUT2D eigenvalue weighted by atomic mass is 19.4. The molecular formula is C11H8F3N3O. The largest absolute Gasteiger partial charge is 0.418 e. The highest BCUT2D eigenvalue weighted by Gasteiger charge is 2.33. The van der Waals surface area contributed by atoms with Gasteiger partial charge in [0.25, 0.3) is 5.91 Å². The molecule has 0 saturated carbocycles. The zero-order chi connectivity index (χ0) is 13.2. The molecule has 2 aromatic rings. The number of para-hydroxylation sites is 1. The average Bonchev–Trinajstić information content (AvgIpc) is 2.81. The maximum atomic E-state index is 12.7. The van der Waals surface area contributed by atoms with E-state index in [2.05, 4.69) is 15.5 Å². The molecule has 0 aliphatic rings. The van der Waals surface area contributed by atoms with Crippen molar-refractivity contribution >= 4 is 11.6 Å². The molecule has 1 aromatic heterocycles. The van der Waals surface area contributed by atoms with Crippen molar-refractivity contribution in [3.8, 4) is 0 Å². The number of anilines is 1. The quantitative estimate of drug-likeness (QED) is 0.866. The molecule has 18 heavy (non-hydrogen) atoms. The minimum absolute atomic E-state index is 0.0898. The molecule has 2 N–H and O–H groups in total. The first-order chi connectivity index (χ1) is 8.48. The highest BCUT2D eigenvalue weighted by Crippen LogP contribution is 2.34. The molecule has 0 spiro atoms. The molecule has 0 unspecified atom stereocenters. The lowest BCUT2D eigenvalue weighted by atomic mass is 10.1. The van der Waals surface area contributed by atoms with Crippen molar-refractivity contribution in [1.29, 1.82) is 0 Å². The van der Waals surface area contributed by atoms with Crippen molar-refractivity contribution < 1.29 is 18.0 Å². The Morgan fingerprint density at radius 3 is 2.56 bits per heavy atom. The lowest BCUT2D eigenvalue weighted by Gasteiger charge is -2.12. The molecule has 0 bridgehead atoms. The lowest BCUT2D eigenvalue weighted by molar-refractivity contribution is -0.136. The SMILES string of the molecule is O=C(Nc1ccccc1C(F)(F)F)c1ccn[nH]1. The zero-order valence-electron chi connectivity index (χ0n) is 8.95. The number of benzene rings is 1. The Balaban J connectivity index is 2.27. The van der Waals surface area contributed by atoms with Crippen LogP contribution in [0.1, 0.15) is 16.1 Å². The van der Waals surface area contributed by atoms with Gasteiger partial charge in [0.05, 0.1) is 11.3 Å². The molecule has 0 aliphatic heterocycles. The van der Waals surface area contributed by atoms with Crippen molar-refractivity contribution in [1.82, 2.24) is 10.2 Å². The van der Waals surface area contributed by atoms with Gasteiger partial charge in [0, 0.05) is 6.20 Å². The normalized spacial score (nSPS) is 11.3. The van der Waals surface area contributed by atoms with E-state index in [1.165, 1.54) is 30.5 Å². The van der Waals surface area contributed by atoms with Gasteiger partial charge in [-0.15, -0.1) is 0 Å². The number of aromatic nitrogens is 2. The monoisotopic (exact) mass is 255 g/mol. The Morgan fingerprint density at radius 1 is 1.22 bits per heavy atom. The fraction of sp³-hybridized carbons (Fsp3) is 0.0909. The van der Waals surface area contributed by atoms with Crippen molar-refractivity contribution in [3.63, 3.8) is 0 Å². The predicted molar refractivity (Wildman–Crippen MR) is 58.0 cm³/mol. The van der Waals surface area contributed by atoms with Gasteiger partial charge >= 0.3 is 6.18 Å². The van der Waals surface area contributed by atoms with Crippen LogP contribution in [-0.4, -0.2) is 16.1 Å². The number of alkyl halides is 3. The fourth-order valence-corrected chi connectivity index (χ4v) is 1.41. The van der Waals surface area contributed by atoms with E-state index in [9.17, 15) is 18.0 Å². The van der Waals surface area contributed by atoms with Crippen LogP contribution in [0.25, 0.3) is 0 Å². The second-order valence-corrected chi connectivity index (χ2v) is 3.47. The van der Waals surface area contributed by atoms with E-state index in [0.29, 0.717) is 0 Å². The Kier molecular flexibility index (Phi) is 3.05. The number of halogens is 3. The number of nitrogens with zero attached hydrogens (tertiary/aromatic N) is 1. The lowest BCUT2D eigenvalue weighted by Crippen LogP contribution is -2.16. The first kappa shape index (κ1) is 12.2. The van der Waals surface area contributed by atoms with E-state index in [-0.39, 0.29) is 11.4 Å². The number of nitrogens with one attached hydrogen (secondary N) is 2. The Hall–Kier alpha value is -2.31. The van der Waals surface area contributed by atoms with E-state index < -0.39 is 17.6 Å². The number of carbonyl (C=O) groups excluding carboxylic acids is 1. The fourth-order valence-electron chi connectivity index (χ4n) is 1.41. The molecule has 0 radical (unpaired) electrons. The number of amides is 1. The molecule has 94 valence electrons. The van der Waals surface area contributed by atoms with Crippen LogP contribution in [0.5, 0.6) is 0 Å². The summed E-state index contributed by atoms with van der Waals surface area (Å²) in [5, 5.41) is 8.11. The van der Waals surface area contributed by atoms with Crippen molar-refractivity contribution in [2.24, 2.45) is 0 Å². The van der Waals surface area contributed by atoms with Crippen molar-refractivity contribution in [3.05, 3.63) is 47.8 Å². The second-order valence-electron chi connectivity index (χ2n) is 3.47. The number of H-pyrrole nitrogens is 1. The number of rotatable bonds is 2. The summed E-state index contributed by atoms with van der Waals surface area (Å²) in [7, 11) is 0. The Labute approximate surface area is 99.8 Å². The molecule has 1 heterocycles. The van der Waals surface area contributed by atoms with Gasteiger partial charge < -0.3 is 5.32 Å². The predicted octanol–water partition coefficient (Wildman–Crippen LogP) is 2.68. The van der Waals surface area contributed by atoms with Gasteiger partial charge in [-0.05, 0) is 18.2 Å². The van der Waals surface area contributed by atoms with E-state index in [0.717, 1.165) is 6.07 Å². The summed E-state index contributed by atoms with van der Waals surface area (Å²) in [6.07, 6.45) is -3.18. The molecule has 1 aromatic carbocycles. The smallest absolute Gasteiger partial charge is 0.320 e. The molecule has 4 nitrogen and oxygen atoms in total. The summed E-state index contributed by atoms with van der Waals surface area (Å²) in [5.74, 6) is -0.677. The summed E-state index contributed by atoms with van der Waals surface area (Å²) in [6.45, 7) is 0. The maximum Gasteiger partial charge on any atom is 0.418 e. The van der Waals surface area contributed by atoms with Gasteiger partial charge in [-0.1, -0.05) is 12.1 Å². The Morgan fingerprint density at radius 2 is 1.94 bits per heavy atom. The first-order valence-corrected chi connectivity index (χ1v) is 4.95. The summed E-state index contributed by atoms with van der Waals surface area (Å²) in [4.78, 5) is 11.6. The highest BCUT2D eigenvalue weighted by molar-refractivity contribution is 6.03. The van der Waals surface area contributed by atoms with Crippen LogP contribution < -0.4 is 5.32 Å². The topological polar surface area (TPSA) is 57.8 Å². The van der Waals surface area contributed by atoms with E-state index in [1.807, 2.05) is 0 Å². The van der Waals surface area contributed by atoms with Crippen LogP contribution in [0.4, 0.5) is 18.9 Å². The molecule has 0 aliphatic carbocycles. The maximum absolute atomic E-state index is 12.7. The minimum atomic E-state index is -4.52. The van der Waals surface area contributed by atoms with Gasteiger partial charge in [0.1, 0.15) is 5.69 Å². The molecule has 1 amide bonds. The van der Waals surface area contributed by atoms with Crippen molar-refractivity contribution in [2.45, 2.75) is 6.18 Å². The second kappa shape index (κ2) is 4.52. The summed E-state index contributed by atoms with van der Waals surface area (Å²) in [5.41, 5.74) is -1.09. The molecule has 2 rings (SSSR count). The summed E-state index contributed by atoms with van der Waals surface area (Å²) in [6, 6.07) is 6.14. The molecule has 7 heteroatoms. The van der Waals surface area contributed by atoms with E-state index in [1.54, 1.807) is 0 Å². The molecular weight excluding hydrogens is 247 g/mol. The van der Waals surface area contributed by atoms with Crippen molar-refractivity contribution in [2.75, 3.05) is 5.32 Å². The summed E-state index contributed by atoms with van der Waals surface area (Å²) >= 11 is 0. The molecule has 0 fully saturated rings. The van der Waals surface area contributed by atoms with Crippen LogP contribution in [0.2, 0.25) is 0 Å². The zero-order valence-corrected chi connectivity index (χ0v) is 8.95. The summed E-state index contributed by atoms with van der Waals surface area (Å²) < 4.78 is 38.0. The van der Waals surface area contributed by atoms with Gasteiger partial charge in [0.15, 0.2) is 0 Å². The average molecular weight is 255 g/mol. The standard InChI is InChI=1S/C11H8F3N3O/c12-11(13,14)7-3-1-2-4-8(7)16-10(18)9-5-6-15-17-9/h1-6H,(H,15,17)(H,16,18). The number of hydrogen-bond acceptors (Lipinski definition) is 2. The van der Waals surface area contributed by atoms with Gasteiger partial charge in [0.2, 0.25) is 0 Å². The third-order valence-corrected chi connectivity index (χ3v) is 2.23. The van der Waals surface area contributed by atoms with E-state index >= 15 is 0 Å². The third kappa shape index (κ3) is 2.50.